The number of carbonyl (C=O) groups is 2. The maximum Gasteiger partial charge on any atom is 0.320 e. The van der Waals surface area contributed by atoms with Crippen molar-refractivity contribution in [2.75, 3.05) is 0 Å². The predicted molar refractivity (Wildman–Crippen MR) is 77.5 cm³/mol. The fourth-order valence-electron chi connectivity index (χ4n) is 2.95. The van der Waals surface area contributed by atoms with Crippen molar-refractivity contribution in [2.45, 2.75) is 83.7 Å². The van der Waals surface area contributed by atoms with E-state index in [1.165, 1.54) is 6.42 Å². The lowest BCUT2D eigenvalue weighted by molar-refractivity contribution is -0.174. The number of carboxylic acid groups (broad SMARTS) is 1. The summed E-state index contributed by atoms with van der Waals surface area (Å²) in [6, 6.07) is 0. The Hall–Kier alpha value is -1.06. The number of esters is 1. The summed E-state index contributed by atoms with van der Waals surface area (Å²) < 4.78 is 5.66. The second-order valence-electron chi connectivity index (χ2n) is 5.90. The van der Waals surface area contributed by atoms with Gasteiger partial charge in [0.15, 0.2) is 5.92 Å². The lowest BCUT2D eigenvalue weighted by atomic mass is 9.82. The molecule has 0 amide bonds. The van der Waals surface area contributed by atoms with Gasteiger partial charge in [0, 0.05) is 0 Å². The molecule has 0 aromatic rings. The molecule has 0 aromatic carbocycles. The predicted octanol–water partition coefficient (Wildman–Crippen LogP) is 3.92. The summed E-state index contributed by atoms with van der Waals surface area (Å²) in [7, 11) is 0. The number of rotatable bonds is 8. The van der Waals surface area contributed by atoms with Crippen molar-refractivity contribution < 1.29 is 19.4 Å². The van der Waals surface area contributed by atoms with Gasteiger partial charge in [-0.05, 0) is 38.5 Å². The van der Waals surface area contributed by atoms with E-state index in [9.17, 15) is 14.7 Å². The minimum Gasteiger partial charge on any atom is -0.481 e. The normalized spacial score (nSPS) is 19.3. The molecule has 0 bridgehead atoms. The van der Waals surface area contributed by atoms with Crippen LogP contribution in [0.25, 0.3) is 0 Å². The van der Waals surface area contributed by atoms with Crippen molar-refractivity contribution in [3.63, 3.8) is 0 Å². The Balaban J connectivity index is 2.61. The highest BCUT2D eigenvalue weighted by Gasteiger charge is 2.38. The maximum absolute atomic E-state index is 12.2. The van der Waals surface area contributed by atoms with E-state index in [0.29, 0.717) is 6.42 Å². The number of unbranched alkanes of at least 4 members (excludes halogenated alkanes) is 2. The summed E-state index contributed by atoms with van der Waals surface area (Å²) in [6.07, 6.45) is 8.95. The monoisotopic (exact) mass is 284 g/mol. The molecule has 0 saturated heterocycles. The number of carboxylic acids is 1. The van der Waals surface area contributed by atoms with Crippen LogP contribution < -0.4 is 0 Å². The van der Waals surface area contributed by atoms with Crippen LogP contribution in [0.15, 0.2) is 0 Å². The average molecular weight is 284 g/mol. The minimum absolute atomic E-state index is 0.391. The molecule has 1 fully saturated rings. The van der Waals surface area contributed by atoms with Gasteiger partial charge in [-0.1, -0.05) is 39.5 Å². The van der Waals surface area contributed by atoms with Gasteiger partial charge in [0.1, 0.15) is 5.60 Å². The summed E-state index contributed by atoms with van der Waals surface area (Å²) in [5, 5.41) is 9.23. The molecule has 1 atom stereocenters. The molecule has 1 N–H and O–H groups in total. The Kier molecular flexibility index (Phi) is 7.03. The van der Waals surface area contributed by atoms with Gasteiger partial charge < -0.3 is 9.84 Å². The minimum atomic E-state index is -1.05. The third-order valence-electron chi connectivity index (χ3n) is 4.41. The fourth-order valence-corrected chi connectivity index (χ4v) is 2.95. The maximum atomic E-state index is 12.2. The highest BCUT2D eigenvalue weighted by molar-refractivity contribution is 5.94. The number of carbonyl (C=O) groups excluding carboxylic acids is 1. The van der Waals surface area contributed by atoms with Gasteiger partial charge in [-0.2, -0.15) is 0 Å². The largest absolute Gasteiger partial charge is 0.481 e. The second-order valence-corrected chi connectivity index (χ2v) is 5.90. The highest BCUT2D eigenvalue weighted by Crippen LogP contribution is 2.35. The summed E-state index contributed by atoms with van der Waals surface area (Å²) in [6.45, 7) is 4.08. The van der Waals surface area contributed by atoms with Crippen LogP contribution in [0.1, 0.15) is 78.1 Å². The van der Waals surface area contributed by atoms with Crippen LogP contribution >= 0.6 is 0 Å². The number of ether oxygens (including phenoxy) is 1. The van der Waals surface area contributed by atoms with Gasteiger partial charge in [0.2, 0.25) is 0 Å². The molecule has 1 unspecified atom stereocenters. The van der Waals surface area contributed by atoms with Crippen molar-refractivity contribution in [3.8, 4) is 0 Å². The zero-order valence-corrected chi connectivity index (χ0v) is 12.8. The highest BCUT2D eigenvalue weighted by atomic mass is 16.6. The zero-order chi connectivity index (χ0) is 15.0. The van der Waals surface area contributed by atoms with Crippen molar-refractivity contribution in [3.05, 3.63) is 0 Å². The topological polar surface area (TPSA) is 63.6 Å². The summed E-state index contributed by atoms with van der Waals surface area (Å²) in [4.78, 5) is 23.5. The molecule has 1 aliphatic rings. The number of hydrogen-bond donors (Lipinski definition) is 1. The molecule has 1 aliphatic carbocycles. The molecule has 0 spiro atoms. The molecule has 0 radical (unpaired) electrons. The van der Waals surface area contributed by atoms with E-state index in [1.54, 1.807) is 0 Å². The van der Waals surface area contributed by atoms with Crippen LogP contribution in [0, 0.1) is 5.92 Å². The molecule has 20 heavy (non-hydrogen) atoms. The molecule has 1 rings (SSSR count). The molecular formula is C16H28O4. The lowest BCUT2D eigenvalue weighted by Gasteiger charge is -2.36. The van der Waals surface area contributed by atoms with Gasteiger partial charge in [-0.25, -0.2) is 0 Å². The van der Waals surface area contributed by atoms with Crippen LogP contribution in [-0.4, -0.2) is 22.6 Å². The molecule has 116 valence electrons. The molecule has 1 saturated carbocycles. The van der Waals surface area contributed by atoms with E-state index in [-0.39, 0.29) is 0 Å². The van der Waals surface area contributed by atoms with Gasteiger partial charge >= 0.3 is 11.9 Å². The second kappa shape index (κ2) is 8.28. The zero-order valence-electron chi connectivity index (χ0n) is 12.8. The Morgan fingerprint density at radius 2 is 1.80 bits per heavy atom. The quantitative estimate of drug-likeness (QED) is 0.417. The van der Waals surface area contributed by atoms with E-state index in [1.807, 2.05) is 6.92 Å². The number of hydrogen-bond acceptors (Lipinski definition) is 3. The van der Waals surface area contributed by atoms with Crippen LogP contribution in [0.4, 0.5) is 0 Å². The standard InChI is InChI=1S/C16H28O4/c1-3-5-7-10-13(14(17)18)15(19)20-16(4-2)11-8-6-9-12-16/h13H,3-12H2,1-2H3,(H,17,18). The van der Waals surface area contributed by atoms with Gasteiger partial charge in [0.25, 0.3) is 0 Å². The van der Waals surface area contributed by atoms with Crippen molar-refractivity contribution in [2.24, 2.45) is 5.92 Å². The molecule has 0 heterocycles. The van der Waals surface area contributed by atoms with Gasteiger partial charge in [0.05, 0.1) is 0 Å². The van der Waals surface area contributed by atoms with Gasteiger partial charge in [-0.3, -0.25) is 9.59 Å². The molecular weight excluding hydrogens is 256 g/mol. The summed E-state index contributed by atoms with van der Waals surface area (Å²) in [5.74, 6) is -2.57. The van der Waals surface area contributed by atoms with Crippen LogP contribution in [0.3, 0.4) is 0 Å². The van der Waals surface area contributed by atoms with Crippen LogP contribution in [-0.2, 0) is 14.3 Å². The first-order valence-corrected chi connectivity index (χ1v) is 8.00. The van der Waals surface area contributed by atoms with Crippen LogP contribution in [0.5, 0.6) is 0 Å². The molecule has 0 aliphatic heterocycles. The van der Waals surface area contributed by atoms with E-state index in [0.717, 1.165) is 51.4 Å². The first-order valence-electron chi connectivity index (χ1n) is 8.00. The van der Waals surface area contributed by atoms with Crippen molar-refractivity contribution >= 4 is 11.9 Å². The molecule has 4 heteroatoms. The van der Waals surface area contributed by atoms with Crippen molar-refractivity contribution in [1.29, 1.82) is 0 Å². The molecule has 4 nitrogen and oxygen atoms in total. The van der Waals surface area contributed by atoms with E-state index in [4.69, 9.17) is 4.74 Å². The van der Waals surface area contributed by atoms with E-state index < -0.39 is 23.5 Å². The van der Waals surface area contributed by atoms with E-state index in [2.05, 4.69) is 6.92 Å². The third kappa shape index (κ3) is 4.80. The summed E-state index contributed by atoms with van der Waals surface area (Å²) >= 11 is 0. The first-order chi connectivity index (χ1) is 9.54. The number of aliphatic carboxylic acids is 1. The van der Waals surface area contributed by atoms with E-state index >= 15 is 0 Å². The van der Waals surface area contributed by atoms with Crippen molar-refractivity contribution in [1.82, 2.24) is 0 Å². The van der Waals surface area contributed by atoms with Gasteiger partial charge in [-0.15, -0.1) is 0 Å². The smallest absolute Gasteiger partial charge is 0.320 e. The Bertz CT molecular complexity index is 318. The fraction of sp³-hybridized carbons (Fsp3) is 0.875. The lowest BCUT2D eigenvalue weighted by Crippen LogP contribution is -2.40. The van der Waals surface area contributed by atoms with Crippen LogP contribution in [0.2, 0.25) is 0 Å². The Morgan fingerprint density at radius 1 is 1.15 bits per heavy atom. The summed E-state index contributed by atoms with van der Waals surface area (Å²) in [5.41, 5.74) is -0.409. The first kappa shape index (κ1) is 17.0. The SMILES string of the molecule is CCCCCC(C(=O)O)C(=O)OC1(CC)CCCCC1. The third-order valence-corrected chi connectivity index (χ3v) is 4.41. The Morgan fingerprint density at radius 3 is 2.30 bits per heavy atom. The molecule has 0 aromatic heterocycles. The Labute approximate surface area is 121 Å². The average Bonchev–Trinajstić information content (AvgIpc) is 2.44.